The van der Waals surface area contributed by atoms with Gasteiger partial charge in [-0.2, -0.15) is 0 Å². The molecule has 0 amide bonds. The van der Waals surface area contributed by atoms with Gasteiger partial charge in [0.05, 0.1) is 12.2 Å². The van der Waals surface area contributed by atoms with Crippen LogP contribution in [0.15, 0.2) is 79.3 Å². The van der Waals surface area contributed by atoms with Gasteiger partial charge in [-0.1, -0.05) is 60.7 Å². The van der Waals surface area contributed by atoms with E-state index >= 15 is 0 Å². The molecule has 0 saturated carbocycles. The van der Waals surface area contributed by atoms with E-state index in [0.717, 1.165) is 5.56 Å². The smallest absolute Gasteiger partial charge is 0.150 e. The van der Waals surface area contributed by atoms with Gasteiger partial charge in [0.1, 0.15) is 17.9 Å². The molecule has 1 aromatic heterocycles. The fraction of sp³-hybridized carbons (Fsp3) is 0.105. The number of benzene rings is 2. The Morgan fingerprint density at radius 1 is 0.960 bits per heavy atom. The molecule has 126 valence electrons. The van der Waals surface area contributed by atoms with Crippen molar-refractivity contribution in [2.24, 2.45) is 0 Å². The van der Waals surface area contributed by atoms with Crippen molar-refractivity contribution < 1.29 is 5.11 Å². The largest absolute Gasteiger partial charge is 0.371 e. The van der Waals surface area contributed by atoms with Crippen LogP contribution in [0.4, 0.5) is 5.82 Å². The molecule has 1 heterocycles. The minimum absolute atomic E-state index is 0.148. The predicted octanol–water partition coefficient (Wildman–Crippen LogP) is 2.56. The summed E-state index contributed by atoms with van der Waals surface area (Å²) < 4.78 is 0. The summed E-state index contributed by atoms with van der Waals surface area (Å²) in [5.74, 6) is 0.693. The van der Waals surface area contributed by atoms with Gasteiger partial charge in [-0.05, 0) is 5.56 Å². The Bertz CT molecular complexity index is 796. The molecule has 25 heavy (non-hydrogen) atoms. The highest BCUT2D eigenvalue weighted by atomic mass is 16.3. The number of aliphatic hydroxyl groups excluding tert-OH is 1. The van der Waals surface area contributed by atoms with Crippen molar-refractivity contribution in [3.05, 3.63) is 90.4 Å². The van der Waals surface area contributed by atoms with Crippen LogP contribution in [-0.2, 0) is 0 Å². The van der Waals surface area contributed by atoms with Crippen molar-refractivity contribution in [1.29, 1.82) is 5.41 Å². The second-order valence-corrected chi connectivity index (χ2v) is 5.45. The molecular weight excluding hydrogens is 314 g/mol. The number of hydrogen-bond acceptors (Lipinski definition) is 5. The Kier molecular flexibility index (Phi) is 5.33. The van der Waals surface area contributed by atoms with E-state index in [1.807, 2.05) is 60.7 Å². The highest BCUT2D eigenvalue weighted by molar-refractivity contribution is 5.96. The molecule has 0 aliphatic carbocycles. The molecular formula is C19H19N5O. The van der Waals surface area contributed by atoms with Crippen LogP contribution < -0.4 is 10.6 Å². The summed E-state index contributed by atoms with van der Waals surface area (Å²) in [4.78, 5) is 8.23. The number of nitrogens with one attached hydrogen (secondary N) is 3. The van der Waals surface area contributed by atoms with Gasteiger partial charge in [0.15, 0.2) is 0 Å². The van der Waals surface area contributed by atoms with Gasteiger partial charge in [-0.3, -0.25) is 10.4 Å². The zero-order valence-electron chi connectivity index (χ0n) is 13.5. The van der Waals surface area contributed by atoms with Crippen molar-refractivity contribution in [3.63, 3.8) is 0 Å². The molecule has 0 aliphatic heterocycles. The lowest BCUT2D eigenvalue weighted by Gasteiger charge is -2.26. The first-order chi connectivity index (χ1) is 12.2. The van der Waals surface area contributed by atoms with Gasteiger partial charge in [0.2, 0.25) is 0 Å². The van der Waals surface area contributed by atoms with Crippen LogP contribution in [-0.4, -0.2) is 27.1 Å². The minimum atomic E-state index is -1.03. The third-order valence-electron chi connectivity index (χ3n) is 3.70. The molecule has 6 heteroatoms. The number of nitrogens with zero attached hydrogens (tertiary/aromatic N) is 2. The fourth-order valence-corrected chi connectivity index (χ4v) is 2.46. The molecule has 0 aliphatic rings. The molecule has 3 rings (SSSR count). The molecule has 0 fully saturated rings. The van der Waals surface area contributed by atoms with E-state index in [-0.39, 0.29) is 5.84 Å². The van der Waals surface area contributed by atoms with E-state index in [1.165, 1.54) is 0 Å². The number of aromatic nitrogens is 2. The molecule has 0 bridgehead atoms. The summed E-state index contributed by atoms with van der Waals surface area (Å²) in [6, 6.07) is 18.2. The van der Waals surface area contributed by atoms with Crippen molar-refractivity contribution >= 4 is 11.7 Å². The molecule has 0 spiro atoms. The molecule has 2 aromatic carbocycles. The highest BCUT2D eigenvalue weighted by Gasteiger charge is 2.22. The fourth-order valence-electron chi connectivity index (χ4n) is 2.46. The van der Waals surface area contributed by atoms with Crippen LogP contribution in [0.3, 0.4) is 0 Å². The average Bonchev–Trinajstić information content (AvgIpc) is 2.68. The Hall–Kier alpha value is -3.25. The molecule has 3 aromatic rings. The maximum atomic E-state index is 10.7. The molecule has 2 atom stereocenters. The highest BCUT2D eigenvalue weighted by Crippen LogP contribution is 2.20. The molecule has 4 N–H and O–H groups in total. The third-order valence-corrected chi connectivity index (χ3v) is 3.70. The van der Waals surface area contributed by atoms with Crippen LogP contribution >= 0.6 is 0 Å². The lowest BCUT2D eigenvalue weighted by molar-refractivity contribution is 0.137. The van der Waals surface area contributed by atoms with E-state index in [2.05, 4.69) is 20.6 Å². The second-order valence-electron chi connectivity index (χ2n) is 5.45. The summed E-state index contributed by atoms with van der Waals surface area (Å²) in [6.07, 6.45) is 3.72. The number of anilines is 1. The van der Waals surface area contributed by atoms with Gasteiger partial charge in [0, 0.05) is 18.0 Å². The standard InChI is InChI=1S/C19H19N5O/c20-18(15-9-5-2-6-10-15)24-19(25)17(14-7-3-1-4-8-14)23-16-13-21-11-12-22-16/h1-13,17,19,25H,(H2,20,24)(H,22,23). The second kappa shape index (κ2) is 8.03. The van der Waals surface area contributed by atoms with Crippen LogP contribution in [0, 0.1) is 5.41 Å². The number of rotatable bonds is 6. The van der Waals surface area contributed by atoms with Gasteiger partial charge in [0.25, 0.3) is 0 Å². The Morgan fingerprint density at radius 3 is 2.28 bits per heavy atom. The maximum absolute atomic E-state index is 10.7. The van der Waals surface area contributed by atoms with E-state index < -0.39 is 12.3 Å². The van der Waals surface area contributed by atoms with Gasteiger partial charge in [-0.25, -0.2) is 4.98 Å². The molecule has 2 unspecified atom stereocenters. The molecule has 0 radical (unpaired) electrons. The monoisotopic (exact) mass is 333 g/mol. The third kappa shape index (κ3) is 4.39. The number of hydrogen-bond donors (Lipinski definition) is 4. The van der Waals surface area contributed by atoms with Crippen molar-refractivity contribution in [2.45, 2.75) is 12.3 Å². The quantitative estimate of drug-likeness (QED) is 0.316. The first-order valence-electron chi connectivity index (χ1n) is 7.90. The summed E-state index contributed by atoms with van der Waals surface area (Å²) in [5, 5.41) is 24.9. The molecule has 6 nitrogen and oxygen atoms in total. The van der Waals surface area contributed by atoms with Gasteiger partial charge in [-0.15, -0.1) is 0 Å². The average molecular weight is 333 g/mol. The van der Waals surface area contributed by atoms with Crippen LogP contribution in [0.25, 0.3) is 0 Å². The van der Waals surface area contributed by atoms with Gasteiger partial charge >= 0.3 is 0 Å². The Morgan fingerprint density at radius 2 is 1.64 bits per heavy atom. The van der Waals surface area contributed by atoms with Gasteiger partial charge < -0.3 is 15.7 Å². The first-order valence-corrected chi connectivity index (χ1v) is 7.90. The van der Waals surface area contributed by atoms with E-state index in [9.17, 15) is 5.11 Å². The predicted molar refractivity (Wildman–Crippen MR) is 97.3 cm³/mol. The van der Waals surface area contributed by atoms with Crippen molar-refractivity contribution in [1.82, 2.24) is 15.3 Å². The van der Waals surface area contributed by atoms with E-state index in [1.54, 1.807) is 18.6 Å². The van der Waals surface area contributed by atoms with E-state index in [0.29, 0.717) is 11.4 Å². The lowest BCUT2D eigenvalue weighted by Crippen LogP contribution is -2.42. The normalized spacial score (nSPS) is 12.8. The Balaban J connectivity index is 1.80. The lowest BCUT2D eigenvalue weighted by atomic mass is 10.0. The van der Waals surface area contributed by atoms with Crippen molar-refractivity contribution in [3.8, 4) is 0 Å². The molecule has 0 saturated heterocycles. The topological polar surface area (TPSA) is 93.9 Å². The Labute approximate surface area is 146 Å². The number of aliphatic hydroxyl groups is 1. The first kappa shape index (κ1) is 16.6. The van der Waals surface area contributed by atoms with Crippen molar-refractivity contribution in [2.75, 3.05) is 5.32 Å². The van der Waals surface area contributed by atoms with Crippen LogP contribution in [0.1, 0.15) is 17.2 Å². The summed E-state index contributed by atoms with van der Waals surface area (Å²) in [7, 11) is 0. The zero-order chi connectivity index (χ0) is 17.5. The van der Waals surface area contributed by atoms with Crippen LogP contribution in [0.5, 0.6) is 0 Å². The zero-order valence-corrected chi connectivity index (χ0v) is 13.5. The summed E-state index contributed by atoms with van der Waals surface area (Å²) in [5.41, 5.74) is 1.57. The number of amidine groups is 1. The minimum Gasteiger partial charge on any atom is -0.371 e. The maximum Gasteiger partial charge on any atom is 0.150 e. The van der Waals surface area contributed by atoms with E-state index in [4.69, 9.17) is 5.41 Å². The summed E-state index contributed by atoms with van der Waals surface area (Å²) >= 11 is 0. The SMILES string of the molecule is N=C(NC(O)C(Nc1cnccn1)c1ccccc1)c1ccccc1. The summed E-state index contributed by atoms with van der Waals surface area (Å²) in [6.45, 7) is 0. The van der Waals surface area contributed by atoms with Crippen LogP contribution in [0.2, 0.25) is 0 Å².